The predicted molar refractivity (Wildman–Crippen MR) is 322 cm³/mol. The van der Waals surface area contributed by atoms with Crippen molar-refractivity contribution in [2.45, 2.75) is 291 Å². The smallest absolute Gasteiger partial charge is 0.314 e. The minimum Gasteiger partial charge on any atom is -0.481 e. The SMILES string of the molecule is C=C(CC[C@@H](C)[C@H]1CC[C@@]2(C(=O)O)C3=C(CC[C@]12C)[C@@]1(C)CC[C@H](O[C@@H]2OC[C@H](O)[C@H](O[C@@H]4O[C@H](CO)C[C@H](O[C@@H]5O[C@H](CO)[C@H](O[C@@H]6O[C@H](CO)[C@@H](O)[C@H](O)[C@H]6O[C@@H]6OC[C@H](O)[C@H](O)[C@H]6O)[C@H](O)[C@H]5O)[C@H]4O)[C@H]2O[C@@H]2O[C@H](CO)[C@H](O)[C@H](O)[C@H]2O)C(C)(C)[C@@H]1CC3)C(C)C. The molecule has 6 heterocycles. The molecule has 30 nitrogen and oxygen atoms in total. The van der Waals surface area contributed by atoms with Crippen molar-refractivity contribution in [3.05, 3.63) is 23.3 Å². The Hall–Kier alpha value is -2.17. The van der Waals surface area contributed by atoms with Gasteiger partial charge in [0.2, 0.25) is 0 Å². The first-order valence-electron chi connectivity index (χ1n) is 33.9. The van der Waals surface area contributed by atoms with Crippen molar-refractivity contribution in [2.75, 3.05) is 39.6 Å². The summed E-state index contributed by atoms with van der Waals surface area (Å²) in [6.45, 7) is 15.1. The highest BCUT2D eigenvalue weighted by atomic mass is 16.8. The summed E-state index contributed by atoms with van der Waals surface area (Å²) >= 11 is 0. The van der Waals surface area contributed by atoms with Gasteiger partial charge in [-0.2, -0.15) is 0 Å². The number of allylic oxidation sites excluding steroid dienone is 2. The Morgan fingerprint density at radius 1 is 0.526 bits per heavy atom. The van der Waals surface area contributed by atoms with E-state index in [1.54, 1.807) is 0 Å². The first-order valence-corrected chi connectivity index (χ1v) is 33.9. The van der Waals surface area contributed by atoms with Gasteiger partial charge in [-0.3, -0.25) is 4.79 Å². The molecular weight excluding hydrogens is 1260 g/mol. The van der Waals surface area contributed by atoms with Gasteiger partial charge < -0.3 is 144 Å². The minimum atomic E-state index is -2.11. The van der Waals surface area contributed by atoms with Crippen molar-refractivity contribution < 1.29 is 148 Å². The molecule has 0 spiro atoms. The molecule has 95 heavy (non-hydrogen) atoms. The molecular formula is C65H106O30. The molecule has 0 amide bonds. The third kappa shape index (κ3) is 13.9. The van der Waals surface area contributed by atoms with E-state index in [2.05, 4.69) is 55.0 Å². The Bertz CT molecular complexity index is 2610. The maximum absolute atomic E-state index is 14.1. The van der Waals surface area contributed by atoms with Crippen LogP contribution in [0.2, 0.25) is 0 Å². The third-order valence-corrected chi connectivity index (χ3v) is 23.8. The Balaban J connectivity index is 0.870. The summed E-state index contributed by atoms with van der Waals surface area (Å²) in [5.41, 5.74) is 0.904. The Labute approximate surface area is 552 Å². The lowest BCUT2D eigenvalue weighted by Gasteiger charge is -2.62. The monoisotopic (exact) mass is 1370 g/mol. The van der Waals surface area contributed by atoms with E-state index in [9.17, 15) is 91.6 Å². The van der Waals surface area contributed by atoms with E-state index in [1.165, 1.54) is 11.1 Å². The molecule has 0 aromatic heterocycles. The number of carboxylic acids is 1. The van der Waals surface area contributed by atoms with Gasteiger partial charge in [-0.25, -0.2) is 0 Å². The molecule has 10 rings (SSSR count). The van der Waals surface area contributed by atoms with Gasteiger partial charge in [0.15, 0.2) is 37.7 Å². The van der Waals surface area contributed by atoms with E-state index in [4.69, 9.17) is 56.8 Å². The highest BCUT2D eigenvalue weighted by molar-refractivity contribution is 5.82. The summed E-state index contributed by atoms with van der Waals surface area (Å²) in [4.78, 5) is 14.1. The zero-order valence-electron chi connectivity index (χ0n) is 55.1. The van der Waals surface area contributed by atoms with Crippen LogP contribution in [0.5, 0.6) is 0 Å². The molecule has 2 saturated carbocycles. The molecule has 0 aromatic carbocycles. The van der Waals surface area contributed by atoms with Crippen molar-refractivity contribution in [3.8, 4) is 0 Å². The zero-order valence-corrected chi connectivity index (χ0v) is 55.1. The summed E-state index contributed by atoms with van der Waals surface area (Å²) in [6, 6.07) is 0. The Kier molecular flexibility index (Phi) is 23.9. The molecule has 0 bridgehead atoms. The van der Waals surface area contributed by atoms with Crippen LogP contribution in [0.15, 0.2) is 23.3 Å². The van der Waals surface area contributed by atoms with E-state index in [0.29, 0.717) is 43.9 Å². The number of hydrogen-bond acceptors (Lipinski definition) is 29. The fourth-order valence-electron chi connectivity index (χ4n) is 18.0. The van der Waals surface area contributed by atoms with Crippen LogP contribution in [-0.4, -0.2) is 304 Å². The fourth-order valence-corrected chi connectivity index (χ4v) is 18.0. The lowest BCUT2D eigenvalue weighted by Crippen LogP contribution is -2.67. The normalized spacial score (nSPS) is 49.8. The molecule has 546 valence electrons. The van der Waals surface area contributed by atoms with Crippen molar-refractivity contribution in [3.63, 3.8) is 0 Å². The molecule has 0 aromatic rings. The van der Waals surface area contributed by atoms with Crippen molar-refractivity contribution in [1.82, 2.24) is 0 Å². The third-order valence-electron chi connectivity index (χ3n) is 23.8. The van der Waals surface area contributed by atoms with Gasteiger partial charge in [0.1, 0.15) is 116 Å². The highest BCUT2D eigenvalue weighted by Crippen LogP contribution is 2.73. The predicted octanol–water partition coefficient (Wildman–Crippen LogP) is -2.96. The van der Waals surface area contributed by atoms with Crippen LogP contribution in [0, 0.1) is 45.3 Å². The average molecular weight is 1370 g/mol. The maximum Gasteiger partial charge on any atom is 0.314 e. The summed E-state index contributed by atoms with van der Waals surface area (Å²) in [5.74, 6) is 0.0713. The number of aliphatic hydroxyl groups is 16. The molecule has 10 aliphatic rings. The highest BCUT2D eigenvalue weighted by Gasteiger charge is 2.69. The molecule has 8 fully saturated rings. The number of aliphatic carboxylic acids is 1. The van der Waals surface area contributed by atoms with Gasteiger partial charge in [-0.15, -0.1) is 0 Å². The quantitative estimate of drug-likeness (QED) is 0.0482. The van der Waals surface area contributed by atoms with Gasteiger partial charge in [0, 0.05) is 6.42 Å². The van der Waals surface area contributed by atoms with E-state index < -0.39 is 239 Å². The van der Waals surface area contributed by atoms with E-state index >= 15 is 0 Å². The van der Waals surface area contributed by atoms with Crippen molar-refractivity contribution in [2.24, 2.45) is 45.3 Å². The van der Waals surface area contributed by atoms with Crippen molar-refractivity contribution >= 4 is 5.97 Å². The number of ether oxygens (including phenoxy) is 12. The lowest BCUT2D eigenvalue weighted by molar-refractivity contribution is -0.396. The van der Waals surface area contributed by atoms with Crippen LogP contribution in [0.3, 0.4) is 0 Å². The summed E-state index contributed by atoms with van der Waals surface area (Å²) in [6.07, 6.45) is -41.7. The number of rotatable bonds is 22. The van der Waals surface area contributed by atoms with E-state index in [0.717, 1.165) is 37.7 Å². The van der Waals surface area contributed by atoms with Gasteiger partial charge in [0.25, 0.3) is 0 Å². The Morgan fingerprint density at radius 2 is 1.08 bits per heavy atom. The first kappa shape index (κ1) is 75.5. The van der Waals surface area contributed by atoms with E-state index in [1.807, 2.05) is 0 Å². The minimum absolute atomic E-state index is 0.0448. The molecule has 4 aliphatic carbocycles. The van der Waals surface area contributed by atoms with Gasteiger partial charge in [-0.1, -0.05) is 71.8 Å². The average Bonchev–Trinajstić information content (AvgIpc) is 1.67. The summed E-state index contributed by atoms with van der Waals surface area (Å²) in [7, 11) is 0. The van der Waals surface area contributed by atoms with Gasteiger partial charge in [-0.05, 0) is 104 Å². The molecule has 0 unspecified atom stereocenters. The van der Waals surface area contributed by atoms with E-state index in [-0.39, 0.29) is 18.3 Å². The fraction of sp³-hybridized carbons (Fsp3) is 0.923. The molecule has 6 saturated heterocycles. The Morgan fingerprint density at radius 3 is 1.74 bits per heavy atom. The second kappa shape index (κ2) is 30.0. The van der Waals surface area contributed by atoms with Crippen LogP contribution in [0.4, 0.5) is 0 Å². The first-order chi connectivity index (χ1) is 44.8. The second-order valence-corrected chi connectivity index (χ2v) is 29.8. The van der Waals surface area contributed by atoms with Crippen LogP contribution in [0.25, 0.3) is 0 Å². The number of carbonyl (C=O) groups is 1. The van der Waals surface area contributed by atoms with Gasteiger partial charge in [0.05, 0.1) is 63.4 Å². The zero-order chi connectivity index (χ0) is 69.3. The number of aliphatic hydroxyl groups excluding tert-OH is 16. The number of carboxylic acid groups (broad SMARTS) is 1. The second-order valence-electron chi connectivity index (χ2n) is 29.8. The number of fused-ring (bicyclic) bond motifs is 4. The molecule has 30 heteroatoms. The topological polar surface area (TPSA) is 472 Å². The standard InChI is InChI=1S/C65H106O30/c1-26(2)27(3)9-10-28(4)30-14-18-65(61(82)83)32-11-12-39-62(5,6)40(15-16-63(39,7)31(32)13-17-64(30,65)8)91-59-54(95-58-49(80)45(76)42(73)36(21-67)88-58)51(34(71)25-85-59)92-56-44(75)35(19-29(20-66)86-56)87-57-50(81)47(78)52(38(23-69)90-57)93-60-53(46(77)43(74)37(22-68)89-60)94-55-48(79)41(72)33(70)24-84-55/h26,28-30,33-60,66-81H,3,9-25H2,1-2,4-8H3,(H,82,83)/t28-,29+,30-,33+,34+,35+,36-,37-,38-,39+,40+,41+,42+,43-,44-,45+,46+,47-,48-,49-,50-,51+,52+,53-,54-,55+,56+,57-,58+,59+,60+,63-,64-,65+/m1/s1. The van der Waals surface area contributed by atoms with Gasteiger partial charge >= 0.3 is 5.97 Å². The molecule has 6 aliphatic heterocycles. The van der Waals surface area contributed by atoms with Crippen molar-refractivity contribution in [1.29, 1.82) is 0 Å². The maximum atomic E-state index is 14.1. The van der Waals surface area contributed by atoms with Crippen LogP contribution < -0.4 is 0 Å². The molecule has 17 N–H and O–H groups in total. The van der Waals surface area contributed by atoms with Crippen LogP contribution in [0.1, 0.15) is 119 Å². The molecule has 0 radical (unpaired) electrons. The number of hydrogen-bond donors (Lipinski definition) is 17. The largest absolute Gasteiger partial charge is 0.481 e. The van der Waals surface area contributed by atoms with Crippen LogP contribution in [-0.2, 0) is 61.6 Å². The summed E-state index contributed by atoms with van der Waals surface area (Å²) < 4.78 is 72.9. The van der Waals surface area contributed by atoms with Crippen LogP contribution >= 0.6 is 0 Å². The molecule has 34 atom stereocenters. The summed E-state index contributed by atoms with van der Waals surface area (Å²) in [5, 5.41) is 186. The lowest BCUT2D eigenvalue weighted by atomic mass is 9.43.